The molecule has 1 saturated heterocycles. The number of anilines is 1. The number of piperazine rings is 1. The van der Waals surface area contributed by atoms with Crippen LogP contribution in [0.4, 0.5) is 23.4 Å². The van der Waals surface area contributed by atoms with Crippen molar-refractivity contribution in [2.45, 2.75) is 30.2 Å². The van der Waals surface area contributed by atoms with Crippen LogP contribution in [0.1, 0.15) is 16.7 Å². The first kappa shape index (κ1) is 33.3. The zero-order valence-electron chi connectivity index (χ0n) is 25.8. The van der Waals surface area contributed by atoms with Crippen molar-refractivity contribution < 1.29 is 30.8 Å². The molecule has 4 aromatic rings. The Morgan fingerprint density at radius 2 is 1.56 bits per heavy atom. The lowest BCUT2D eigenvalue weighted by Gasteiger charge is -2.35. The van der Waals surface area contributed by atoms with Crippen molar-refractivity contribution in [3.05, 3.63) is 126 Å². The number of nitrogens with zero attached hydrogens (tertiary/aromatic N) is 4. The van der Waals surface area contributed by atoms with Crippen molar-refractivity contribution in [2.75, 3.05) is 37.6 Å². The van der Waals surface area contributed by atoms with Crippen molar-refractivity contribution in [2.24, 2.45) is 0 Å². The monoisotopic (exact) mass is 679 g/mol. The molecular formula is C35H33F4N5O3S. The largest absolute Gasteiger partial charge is 0.416 e. The van der Waals surface area contributed by atoms with Gasteiger partial charge < -0.3 is 10.2 Å². The highest BCUT2D eigenvalue weighted by Crippen LogP contribution is 2.32. The summed E-state index contributed by atoms with van der Waals surface area (Å²) in [6, 6.07) is 21.7. The van der Waals surface area contributed by atoms with Crippen molar-refractivity contribution in [3.8, 4) is 11.3 Å². The second kappa shape index (κ2) is 13.9. The van der Waals surface area contributed by atoms with Gasteiger partial charge in [-0.05, 0) is 59.7 Å². The lowest BCUT2D eigenvalue weighted by molar-refractivity contribution is -0.137. The van der Waals surface area contributed by atoms with E-state index < -0.39 is 39.5 Å². The molecule has 48 heavy (non-hydrogen) atoms. The molecule has 8 nitrogen and oxygen atoms in total. The van der Waals surface area contributed by atoms with E-state index in [1.165, 1.54) is 23.8 Å². The summed E-state index contributed by atoms with van der Waals surface area (Å²) in [5, 5.41) is 2.82. The van der Waals surface area contributed by atoms with Gasteiger partial charge in [-0.25, -0.2) is 17.8 Å². The van der Waals surface area contributed by atoms with Gasteiger partial charge in [0.15, 0.2) is 0 Å². The van der Waals surface area contributed by atoms with Crippen LogP contribution in [0.25, 0.3) is 11.3 Å². The molecule has 1 atom stereocenters. The van der Waals surface area contributed by atoms with Gasteiger partial charge in [0.2, 0.25) is 15.9 Å². The maximum atomic E-state index is 13.4. The lowest BCUT2D eigenvalue weighted by atomic mass is 10.1. The molecule has 2 aliphatic heterocycles. The number of alkyl halides is 3. The number of pyridine rings is 1. The molecule has 3 heterocycles. The summed E-state index contributed by atoms with van der Waals surface area (Å²) in [5.74, 6) is -0.514. The Bertz CT molecular complexity index is 1880. The predicted molar refractivity (Wildman–Crippen MR) is 174 cm³/mol. The van der Waals surface area contributed by atoms with Crippen LogP contribution >= 0.6 is 0 Å². The number of amides is 1. The summed E-state index contributed by atoms with van der Waals surface area (Å²) >= 11 is 0. The minimum Gasteiger partial charge on any atom is -0.354 e. The summed E-state index contributed by atoms with van der Waals surface area (Å²) < 4.78 is 80.7. The van der Waals surface area contributed by atoms with Crippen LogP contribution in [0.2, 0.25) is 0 Å². The van der Waals surface area contributed by atoms with Gasteiger partial charge in [0.25, 0.3) is 0 Å². The topological polar surface area (TPSA) is 85.8 Å². The number of halogens is 4. The molecule has 1 amide bonds. The standard InChI is InChI=1S/C35H33F4N5O3S/c36-29-12-14-30(15-13-29)48(46,47)44-16-4-7-32(44)34(45)40-23-26-21-31(27-8-10-28(11-9-27)35(37,38)39)41-33(22-26)43-19-17-42(18-20-43)24-25-5-2-1-3-6-25/h1-15,21-22,32H,16-20,23-24H2,(H,40,45)/t32-/m0/s1. The van der Waals surface area contributed by atoms with Gasteiger partial charge in [0, 0.05) is 51.4 Å². The molecule has 1 aromatic heterocycles. The number of hydrogen-bond donors (Lipinski definition) is 1. The molecule has 1 fully saturated rings. The summed E-state index contributed by atoms with van der Waals surface area (Å²) in [4.78, 5) is 22.5. The SMILES string of the molecule is O=C(NCc1cc(-c2ccc(C(F)(F)F)cc2)nc(N2CCN(Cc3ccccc3)CC2)c1)[C@@H]1C=CCN1S(=O)(=O)c1ccc(F)cc1. The first-order valence-corrected chi connectivity index (χ1v) is 16.8. The third-order valence-electron chi connectivity index (χ3n) is 8.39. The number of sulfonamides is 1. The zero-order valence-corrected chi connectivity index (χ0v) is 26.6. The molecule has 13 heteroatoms. The Morgan fingerprint density at radius 3 is 2.23 bits per heavy atom. The van der Waals surface area contributed by atoms with E-state index in [1.54, 1.807) is 12.1 Å². The average molecular weight is 680 g/mol. The van der Waals surface area contributed by atoms with Gasteiger partial charge in [-0.2, -0.15) is 17.5 Å². The number of nitrogens with one attached hydrogen (secondary N) is 1. The van der Waals surface area contributed by atoms with Crippen molar-refractivity contribution in [3.63, 3.8) is 0 Å². The third-order valence-corrected chi connectivity index (χ3v) is 10.3. The smallest absolute Gasteiger partial charge is 0.354 e. The molecule has 0 saturated carbocycles. The molecule has 0 bridgehead atoms. The van der Waals surface area contributed by atoms with Crippen molar-refractivity contribution >= 4 is 21.7 Å². The van der Waals surface area contributed by atoms with Crippen molar-refractivity contribution in [1.82, 2.24) is 19.5 Å². The lowest BCUT2D eigenvalue weighted by Crippen LogP contribution is -2.46. The highest BCUT2D eigenvalue weighted by atomic mass is 32.2. The molecule has 3 aromatic carbocycles. The Balaban J connectivity index is 1.20. The number of carbonyl (C=O) groups is 1. The number of carbonyl (C=O) groups excluding carboxylic acids is 1. The van der Waals surface area contributed by atoms with Gasteiger partial charge >= 0.3 is 6.18 Å². The van der Waals surface area contributed by atoms with Crippen LogP contribution in [0.15, 0.2) is 108 Å². The number of rotatable bonds is 9. The normalized spacial score (nSPS) is 17.5. The van der Waals surface area contributed by atoms with Crippen LogP contribution in [0, 0.1) is 5.82 Å². The zero-order chi connectivity index (χ0) is 33.9. The fourth-order valence-electron chi connectivity index (χ4n) is 5.79. The molecule has 1 N–H and O–H groups in total. The van der Waals surface area contributed by atoms with Crippen LogP contribution in [-0.4, -0.2) is 67.3 Å². The van der Waals surface area contributed by atoms with E-state index in [-0.39, 0.29) is 18.0 Å². The maximum Gasteiger partial charge on any atom is 0.416 e. The number of aromatic nitrogens is 1. The summed E-state index contributed by atoms with van der Waals surface area (Å²) in [5.41, 5.74) is 2.01. The van der Waals surface area contributed by atoms with Gasteiger partial charge in [-0.3, -0.25) is 9.69 Å². The fourth-order valence-corrected chi connectivity index (χ4v) is 7.29. The molecule has 0 unspecified atom stereocenters. The van der Waals surface area contributed by atoms with Gasteiger partial charge in [0.05, 0.1) is 16.2 Å². The van der Waals surface area contributed by atoms with Gasteiger partial charge in [0.1, 0.15) is 17.7 Å². The second-order valence-corrected chi connectivity index (χ2v) is 13.6. The van der Waals surface area contributed by atoms with Crippen LogP contribution in [-0.2, 0) is 34.1 Å². The van der Waals surface area contributed by atoms with E-state index in [0.717, 1.165) is 60.3 Å². The molecule has 250 valence electrons. The van der Waals surface area contributed by atoms with E-state index in [2.05, 4.69) is 27.2 Å². The highest BCUT2D eigenvalue weighted by Gasteiger charge is 2.36. The summed E-state index contributed by atoms with van der Waals surface area (Å²) in [6.45, 7) is 3.71. The maximum absolute atomic E-state index is 13.4. The van der Waals surface area contributed by atoms with E-state index in [4.69, 9.17) is 4.98 Å². The molecule has 0 radical (unpaired) electrons. The van der Waals surface area contributed by atoms with Gasteiger partial charge in [-0.15, -0.1) is 0 Å². The Morgan fingerprint density at radius 1 is 0.875 bits per heavy atom. The number of benzene rings is 3. The quantitative estimate of drug-likeness (QED) is 0.187. The predicted octanol–water partition coefficient (Wildman–Crippen LogP) is 5.47. The first-order chi connectivity index (χ1) is 23.0. The minimum absolute atomic E-state index is 0.0186. The summed E-state index contributed by atoms with van der Waals surface area (Å²) in [6.07, 6.45) is -1.40. The molecular weight excluding hydrogens is 646 g/mol. The third kappa shape index (κ3) is 7.59. The van der Waals surface area contributed by atoms with Crippen molar-refractivity contribution in [1.29, 1.82) is 0 Å². The molecule has 0 spiro atoms. The van der Waals surface area contributed by atoms with E-state index >= 15 is 0 Å². The van der Waals surface area contributed by atoms with Crippen LogP contribution in [0.5, 0.6) is 0 Å². The molecule has 2 aliphatic rings. The van der Waals surface area contributed by atoms with Crippen LogP contribution in [0.3, 0.4) is 0 Å². The second-order valence-electron chi connectivity index (χ2n) is 11.7. The average Bonchev–Trinajstić information content (AvgIpc) is 3.59. The van der Waals surface area contributed by atoms with Crippen LogP contribution < -0.4 is 10.2 Å². The highest BCUT2D eigenvalue weighted by molar-refractivity contribution is 7.89. The Kier molecular flexibility index (Phi) is 9.63. The number of hydrogen-bond acceptors (Lipinski definition) is 6. The van der Waals surface area contributed by atoms with E-state index in [1.807, 2.05) is 24.3 Å². The molecule has 6 rings (SSSR count). The van der Waals surface area contributed by atoms with E-state index in [0.29, 0.717) is 35.7 Å². The Labute approximate surface area is 276 Å². The fraction of sp³-hybridized carbons (Fsp3) is 0.257. The van der Waals surface area contributed by atoms with E-state index in [9.17, 15) is 30.8 Å². The Hall–Kier alpha value is -4.59. The van der Waals surface area contributed by atoms with Gasteiger partial charge in [-0.1, -0.05) is 54.6 Å². The molecule has 0 aliphatic carbocycles. The first-order valence-electron chi connectivity index (χ1n) is 15.4. The minimum atomic E-state index is -4.48. The summed E-state index contributed by atoms with van der Waals surface area (Å²) in [7, 11) is -4.09.